The number of rotatable bonds is 6. The normalized spacial score (nSPS) is 10.6. The van der Waals surface area contributed by atoms with Gasteiger partial charge in [-0.05, 0) is 25.1 Å². The van der Waals surface area contributed by atoms with Crippen molar-refractivity contribution in [3.05, 3.63) is 64.1 Å². The maximum absolute atomic E-state index is 14.3. The van der Waals surface area contributed by atoms with Crippen molar-refractivity contribution in [2.24, 2.45) is 0 Å². The number of benzene rings is 2. The third kappa shape index (κ3) is 3.66. The molecule has 146 valence electrons. The topological polar surface area (TPSA) is 73.6 Å². The largest absolute Gasteiger partial charge is 0.493 e. The number of hydrogen-bond acceptors (Lipinski definition) is 5. The molecule has 0 aliphatic rings. The van der Waals surface area contributed by atoms with Crippen molar-refractivity contribution < 1.29 is 23.2 Å². The van der Waals surface area contributed by atoms with Gasteiger partial charge in [-0.25, -0.2) is 4.39 Å². The summed E-state index contributed by atoms with van der Waals surface area (Å²) in [6, 6.07) is 9.59. The molecule has 1 aromatic heterocycles. The number of halogens is 2. The second kappa shape index (κ2) is 8.31. The maximum atomic E-state index is 14.3. The Morgan fingerprint density at radius 2 is 1.96 bits per heavy atom. The molecule has 0 fully saturated rings. The second-order valence-corrected chi connectivity index (χ2v) is 6.30. The number of carbonyl (C=O) groups is 1. The Bertz CT molecular complexity index is 999. The Morgan fingerprint density at radius 1 is 1.21 bits per heavy atom. The molecule has 8 heteroatoms. The van der Waals surface area contributed by atoms with Crippen LogP contribution in [0.2, 0.25) is 5.02 Å². The van der Waals surface area contributed by atoms with Gasteiger partial charge in [0.2, 0.25) is 0 Å². The summed E-state index contributed by atoms with van der Waals surface area (Å²) < 4.78 is 30.1. The first kappa shape index (κ1) is 19.7. The number of para-hydroxylation sites is 1. The van der Waals surface area contributed by atoms with Crippen molar-refractivity contribution in [3.8, 4) is 22.8 Å². The van der Waals surface area contributed by atoms with Gasteiger partial charge in [0.25, 0.3) is 5.91 Å². The number of amides is 1. The van der Waals surface area contributed by atoms with E-state index in [4.69, 9.17) is 25.6 Å². The number of nitrogens with one attached hydrogen (secondary N) is 1. The second-order valence-electron chi connectivity index (χ2n) is 5.89. The fraction of sp³-hybridized carbons (Fsp3) is 0.200. The van der Waals surface area contributed by atoms with Gasteiger partial charge in [0.1, 0.15) is 22.8 Å². The number of nitrogens with zero attached hydrogens (tertiary/aromatic N) is 1. The number of aromatic nitrogens is 1. The van der Waals surface area contributed by atoms with Gasteiger partial charge in [-0.2, -0.15) is 0 Å². The minimum atomic E-state index is -0.593. The van der Waals surface area contributed by atoms with E-state index in [2.05, 4.69) is 10.5 Å². The number of methoxy groups -OCH3 is 2. The van der Waals surface area contributed by atoms with Gasteiger partial charge < -0.3 is 19.3 Å². The molecule has 0 bridgehead atoms. The van der Waals surface area contributed by atoms with Crippen molar-refractivity contribution in [1.29, 1.82) is 0 Å². The average Bonchev–Trinajstić information content (AvgIpc) is 3.06. The molecule has 0 saturated carbocycles. The highest BCUT2D eigenvalue weighted by molar-refractivity contribution is 6.33. The minimum absolute atomic E-state index is 0.0186. The molecule has 3 rings (SSSR count). The zero-order valence-corrected chi connectivity index (χ0v) is 16.3. The molecule has 0 unspecified atom stereocenters. The van der Waals surface area contributed by atoms with Crippen LogP contribution in [0.4, 0.5) is 4.39 Å². The summed E-state index contributed by atoms with van der Waals surface area (Å²) in [5, 5.41) is 6.75. The lowest BCUT2D eigenvalue weighted by atomic mass is 10.0. The SMILES string of the molecule is COc1cccc(CNC(=O)c2c(-c3c(F)cccc3Cl)noc2C)c1OC. The van der Waals surface area contributed by atoms with Crippen molar-refractivity contribution in [2.45, 2.75) is 13.5 Å². The fourth-order valence-corrected chi connectivity index (χ4v) is 3.14. The Hall–Kier alpha value is -3.06. The molecule has 0 saturated heterocycles. The van der Waals surface area contributed by atoms with E-state index in [1.807, 2.05) is 0 Å². The van der Waals surface area contributed by atoms with E-state index in [0.29, 0.717) is 11.5 Å². The van der Waals surface area contributed by atoms with Crippen molar-refractivity contribution in [3.63, 3.8) is 0 Å². The highest BCUT2D eigenvalue weighted by atomic mass is 35.5. The van der Waals surface area contributed by atoms with Crippen LogP contribution in [0.1, 0.15) is 21.7 Å². The van der Waals surface area contributed by atoms with Crippen LogP contribution in [0, 0.1) is 12.7 Å². The summed E-state index contributed by atoms with van der Waals surface area (Å²) >= 11 is 6.11. The van der Waals surface area contributed by atoms with Crippen molar-refractivity contribution in [2.75, 3.05) is 14.2 Å². The molecule has 3 aromatic rings. The first-order chi connectivity index (χ1) is 13.5. The first-order valence-electron chi connectivity index (χ1n) is 8.36. The van der Waals surface area contributed by atoms with Crippen LogP contribution in [-0.4, -0.2) is 25.3 Å². The van der Waals surface area contributed by atoms with Gasteiger partial charge in [-0.3, -0.25) is 4.79 Å². The molecule has 0 radical (unpaired) electrons. The number of aryl methyl sites for hydroxylation is 1. The minimum Gasteiger partial charge on any atom is -0.493 e. The highest BCUT2D eigenvalue weighted by Gasteiger charge is 2.25. The Balaban J connectivity index is 1.90. The van der Waals surface area contributed by atoms with Crippen molar-refractivity contribution >= 4 is 17.5 Å². The van der Waals surface area contributed by atoms with Gasteiger partial charge in [-0.15, -0.1) is 0 Å². The van der Waals surface area contributed by atoms with Crippen LogP contribution in [0.5, 0.6) is 11.5 Å². The predicted molar refractivity (Wildman–Crippen MR) is 102 cm³/mol. The molecule has 6 nitrogen and oxygen atoms in total. The number of carbonyl (C=O) groups excluding carboxylic acids is 1. The molecule has 0 atom stereocenters. The zero-order valence-electron chi connectivity index (χ0n) is 15.5. The average molecular weight is 405 g/mol. The monoisotopic (exact) mass is 404 g/mol. The van der Waals surface area contributed by atoms with Gasteiger partial charge in [-0.1, -0.05) is 35.0 Å². The summed E-state index contributed by atoms with van der Waals surface area (Å²) in [4.78, 5) is 12.8. The van der Waals surface area contributed by atoms with Gasteiger partial charge in [0.15, 0.2) is 11.5 Å². The molecule has 0 spiro atoms. The predicted octanol–water partition coefficient (Wildman–Crippen LogP) is 4.39. The van der Waals surface area contributed by atoms with Gasteiger partial charge in [0.05, 0.1) is 24.8 Å². The van der Waals surface area contributed by atoms with Gasteiger partial charge >= 0.3 is 0 Å². The summed E-state index contributed by atoms with van der Waals surface area (Å²) in [7, 11) is 3.05. The molecule has 0 aliphatic carbocycles. The molecule has 1 heterocycles. The van der Waals surface area contributed by atoms with E-state index in [9.17, 15) is 9.18 Å². The molecular weight excluding hydrogens is 387 g/mol. The van der Waals surface area contributed by atoms with Crippen LogP contribution >= 0.6 is 11.6 Å². The lowest BCUT2D eigenvalue weighted by Gasteiger charge is -2.13. The molecule has 28 heavy (non-hydrogen) atoms. The van der Waals surface area contributed by atoms with E-state index in [1.165, 1.54) is 32.4 Å². The van der Waals surface area contributed by atoms with Crippen LogP contribution < -0.4 is 14.8 Å². The summed E-state index contributed by atoms with van der Waals surface area (Å²) in [5.74, 6) is 0.255. The summed E-state index contributed by atoms with van der Waals surface area (Å²) in [5.41, 5.74) is 0.907. The highest BCUT2D eigenvalue weighted by Crippen LogP contribution is 2.34. The maximum Gasteiger partial charge on any atom is 0.257 e. The quantitative estimate of drug-likeness (QED) is 0.659. The standard InChI is InChI=1S/C20H18ClFN2O4/c1-11-16(18(24-28-11)17-13(21)7-5-8-14(17)22)20(25)23-10-12-6-4-9-15(26-2)19(12)27-3/h4-9H,10H2,1-3H3,(H,23,25). The van der Waals surface area contributed by atoms with E-state index in [0.717, 1.165) is 5.56 Å². The van der Waals surface area contributed by atoms with Crippen LogP contribution in [0.3, 0.4) is 0 Å². The van der Waals surface area contributed by atoms with E-state index in [1.54, 1.807) is 25.1 Å². The molecule has 2 aromatic carbocycles. The van der Waals surface area contributed by atoms with E-state index >= 15 is 0 Å². The Labute approximate surface area is 166 Å². The number of ether oxygens (including phenoxy) is 2. The smallest absolute Gasteiger partial charge is 0.257 e. The third-order valence-electron chi connectivity index (χ3n) is 4.21. The zero-order chi connectivity index (χ0) is 20.3. The van der Waals surface area contributed by atoms with E-state index < -0.39 is 11.7 Å². The summed E-state index contributed by atoms with van der Waals surface area (Å²) in [6.07, 6.45) is 0. The lowest BCUT2D eigenvalue weighted by molar-refractivity contribution is 0.0949. The number of hydrogen-bond donors (Lipinski definition) is 1. The Kier molecular flexibility index (Phi) is 5.84. The molecule has 0 aliphatic heterocycles. The van der Waals surface area contributed by atoms with Crippen LogP contribution in [-0.2, 0) is 6.54 Å². The van der Waals surface area contributed by atoms with Crippen LogP contribution in [0.25, 0.3) is 11.3 Å². The molecule has 1 N–H and O–H groups in total. The van der Waals surface area contributed by atoms with Crippen molar-refractivity contribution in [1.82, 2.24) is 10.5 Å². The molecular formula is C20H18ClFN2O4. The van der Waals surface area contributed by atoms with Gasteiger partial charge in [0, 0.05) is 12.1 Å². The fourth-order valence-electron chi connectivity index (χ4n) is 2.89. The Morgan fingerprint density at radius 3 is 2.64 bits per heavy atom. The molecule has 1 amide bonds. The summed E-state index contributed by atoms with van der Waals surface area (Å²) in [6.45, 7) is 1.74. The van der Waals surface area contributed by atoms with E-state index in [-0.39, 0.29) is 34.1 Å². The lowest BCUT2D eigenvalue weighted by Crippen LogP contribution is -2.24. The van der Waals surface area contributed by atoms with Crippen LogP contribution in [0.15, 0.2) is 40.9 Å². The third-order valence-corrected chi connectivity index (χ3v) is 4.53. The first-order valence-corrected chi connectivity index (χ1v) is 8.74.